The van der Waals surface area contributed by atoms with Crippen LogP contribution in [0.25, 0.3) is 11.0 Å². The third-order valence-corrected chi connectivity index (χ3v) is 4.46. The van der Waals surface area contributed by atoms with E-state index in [2.05, 4.69) is 30.8 Å². The highest BCUT2D eigenvalue weighted by Crippen LogP contribution is 2.18. The molecule has 3 aromatic rings. The molecule has 2 aromatic heterocycles. The molecule has 1 aromatic carbocycles. The number of hydrogen-bond acceptors (Lipinski definition) is 6. The van der Waals surface area contributed by atoms with Crippen LogP contribution in [0.1, 0.15) is 36.6 Å². The van der Waals surface area contributed by atoms with Crippen molar-refractivity contribution in [3.05, 3.63) is 41.7 Å². The van der Waals surface area contributed by atoms with Gasteiger partial charge in [-0.1, -0.05) is 0 Å². The number of carbonyl (C=O) groups excluding carboxylic acids is 1. The number of nitrogens with zero attached hydrogens (tertiary/aromatic N) is 5. The van der Waals surface area contributed by atoms with Crippen molar-refractivity contribution in [2.24, 2.45) is 0 Å². The summed E-state index contributed by atoms with van der Waals surface area (Å²) in [5.74, 6) is 0.696. The van der Waals surface area contributed by atoms with E-state index in [0.29, 0.717) is 18.1 Å². The van der Waals surface area contributed by atoms with Crippen LogP contribution in [0.2, 0.25) is 0 Å². The van der Waals surface area contributed by atoms with Crippen molar-refractivity contribution in [2.45, 2.75) is 39.8 Å². The Morgan fingerprint density at radius 3 is 2.71 bits per heavy atom. The van der Waals surface area contributed by atoms with Gasteiger partial charge in [-0.2, -0.15) is 0 Å². The highest BCUT2D eigenvalue weighted by Gasteiger charge is 2.16. The molecule has 0 unspecified atom stereocenters. The minimum Gasteiger partial charge on any atom is -0.385 e. The van der Waals surface area contributed by atoms with Crippen molar-refractivity contribution < 1.29 is 9.53 Å². The predicted molar refractivity (Wildman–Crippen MR) is 106 cm³/mol. The SMILES string of the molecule is COCCCn1cnnc1[C@@H](C)NC(=O)Nc1ccc2nc(C)c(C)nc2c1. The van der Waals surface area contributed by atoms with Crippen LogP contribution in [0.15, 0.2) is 24.5 Å². The Kier molecular flexibility index (Phi) is 6.15. The summed E-state index contributed by atoms with van der Waals surface area (Å²) in [5.41, 5.74) is 3.96. The van der Waals surface area contributed by atoms with Gasteiger partial charge in [-0.25, -0.2) is 14.8 Å². The molecular weight excluding hydrogens is 358 g/mol. The van der Waals surface area contributed by atoms with Crippen molar-refractivity contribution in [1.82, 2.24) is 30.0 Å². The van der Waals surface area contributed by atoms with Crippen molar-refractivity contribution in [3.8, 4) is 0 Å². The maximum atomic E-state index is 12.4. The summed E-state index contributed by atoms with van der Waals surface area (Å²) in [7, 11) is 1.67. The molecule has 9 nitrogen and oxygen atoms in total. The quantitative estimate of drug-likeness (QED) is 0.608. The van der Waals surface area contributed by atoms with Gasteiger partial charge in [-0.3, -0.25) is 0 Å². The Labute approximate surface area is 163 Å². The predicted octanol–water partition coefficient (Wildman–Crippen LogP) is 2.76. The lowest BCUT2D eigenvalue weighted by atomic mass is 10.2. The number of anilines is 1. The third kappa shape index (κ3) is 4.61. The average molecular weight is 383 g/mol. The summed E-state index contributed by atoms with van der Waals surface area (Å²) in [6, 6.07) is 4.85. The van der Waals surface area contributed by atoms with E-state index in [-0.39, 0.29) is 12.1 Å². The molecule has 148 valence electrons. The van der Waals surface area contributed by atoms with E-state index in [1.54, 1.807) is 13.4 Å². The minimum absolute atomic E-state index is 0.296. The molecule has 0 fully saturated rings. The molecule has 0 aliphatic rings. The number of fused-ring (bicyclic) bond motifs is 1. The van der Waals surface area contributed by atoms with Gasteiger partial charge < -0.3 is 19.9 Å². The number of ether oxygens (including phenoxy) is 1. The van der Waals surface area contributed by atoms with E-state index in [0.717, 1.165) is 35.4 Å². The maximum absolute atomic E-state index is 12.4. The summed E-state index contributed by atoms with van der Waals surface area (Å²) >= 11 is 0. The van der Waals surface area contributed by atoms with Crippen LogP contribution in [-0.4, -0.2) is 44.5 Å². The standard InChI is InChI=1S/C19H25N7O2/c1-12-13(2)22-17-10-15(6-7-16(17)21-12)24-19(27)23-14(3)18-25-20-11-26(18)8-5-9-28-4/h6-7,10-11,14H,5,8-9H2,1-4H3,(H2,23,24,27)/t14-/m1/s1. The fourth-order valence-corrected chi connectivity index (χ4v) is 2.89. The van der Waals surface area contributed by atoms with E-state index in [1.165, 1.54) is 0 Å². The van der Waals surface area contributed by atoms with Crippen LogP contribution >= 0.6 is 0 Å². The number of aromatic nitrogens is 5. The second kappa shape index (κ2) is 8.75. The van der Waals surface area contributed by atoms with Gasteiger partial charge >= 0.3 is 6.03 Å². The van der Waals surface area contributed by atoms with Gasteiger partial charge in [0.1, 0.15) is 6.33 Å². The molecular formula is C19H25N7O2. The molecule has 2 N–H and O–H groups in total. The number of methoxy groups -OCH3 is 1. The summed E-state index contributed by atoms with van der Waals surface area (Å²) in [4.78, 5) is 21.4. The zero-order chi connectivity index (χ0) is 20.1. The molecule has 9 heteroatoms. The molecule has 0 saturated carbocycles. The molecule has 0 radical (unpaired) electrons. The molecule has 2 amide bonds. The first-order chi connectivity index (χ1) is 13.5. The maximum Gasteiger partial charge on any atom is 0.319 e. The highest BCUT2D eigenvalue weighted by molar-refractivity contribution is 5.92. The first kappa shape index (κ1) is 19.7. The molecule has 0 saturated heterocycles. The fraction of sp³-hybridized carbons (Fsp3) is 0.421. The van der Waals surface area contributed by atoms with E-state index in [4.69, 9.17) is 4.74 Å². The summed E-state index contributed by atoms with van der Waals surface area (Å²) in [5, 5.41) is 13.8. The van der Waals surface area contributed by atoms with Crippen molar-refractivity contribution >= 4 is 22.8 Å². The number of nitrogens with one attached hydrogen (secondary N) is 2. The van der Waals surface area contributed by atoms with Crippen LogP contribution in [0, 0.1) is 13.8 Å². The van der Waals surface area contributed by atoms with Gasteiger partial charge in [0.15, 0.2) is 5.82 Å². The van der Waals surface area contributed by atoms with Crippen LogP contribution in [0.3, 0.4) is 0 Å². The monoisotopic (exact) mass is 383 g/mol. The normalized spacial score (nSPS) is 12.1. The lowest BCUT2D eigenvalue weighted by Crippen LogP contribution is -2.32. The van der Waals surface area contributed by atoms with Gasteiger partial charge in [0.05, 0.1) is 28.5 Å². The zero-order valence-electron chi connectivity index (χ0n) is 16.6. The second-order valence-corrected chi connectivity index (χ2v) is 6.65. The molecule has 3 rings (SSSR count). The Balaban J connectivity index is 1.64. The summed E-state index contributed by atoms with van der Waals surface area (Å²) in [6.07, 6.45) is 2.50. The number of urea groups is 1. The second-order valence-electron chi connectivity index (χ2n) is 6.65. The first-order valence-electron chi connectivity index (χ1n) is 9.17. The topological polar surface area (TPSA) is 107 Å². The van der Waals surface area contributed by atoms with Crippen LogP contribution < -0.4 is 10.6 Å². The Morgan fingerprint density at radius 2 is 1.96 bits per heavy atom. The first-order valence-corrected chi connectivity index (χ1v) is 9.17. The van der Waals surface area contributed by atoms with Gasteiger partial charge in [-0.15, -0.1) is 10.2 Å². The highest BCUT2D eigenvalue weighted by atomic mass is 16.5. The van der Waals surface area contributed by atoms with Crippen molar-refractivity contribution in [1.29, 1.82) is 0 Å². The minimum atomic E-state index is -0.324. The number of benzene rings is 1. The number of rotatable bonds is 7. The van der Waals surface area contributed by atoms with Crippen LogP contribution in [0.5, 0.6) is 0 Å². The zero-order valence-corrected chi connectivity index (χ0v) is 16.6. The largest absolute Gasteiger partial charge is 0.385 e. The van der Waals surface area contributed by atoms with E-state index >= 15 is 0 Å². The molecule has 0 bridgehead atoms. The number of carbonyl (C=O) groups is 1. The van der Waals surface area contributed by atoms with Gasteiger partial charge in [0.25, 0.3) is 0 Å². The fourth-order valence-electron chi connectivity index (χ4n) is 2.89. The Morgan fingerprint density at radius 1 is 1.21 bits per heavy atom. The molecule has 2 heterocycles. The summed E-state index contributed by atoms with van der Waals surface area (Å²) in [6.45, 7) is 7.10. The van der Waals surface area contributed by atoms with Gasteiger partial charge in [0.2, 0.25) is 0 Å². The average Bonchev–Trinajstić information content (AvgIpc) is 3.12. The van der Waals surface area contributed by atoms with Crippen LogP contribution in [0.4, 0.5) is 10.5 Å². The Bertz CT molecular complexity index is 970. The Hall–Kier alpha value is -3.07. The van der Waals surface area contributed by atoms with Crippen molar-refractivity contribution in [2.75, 3.05) is 19.0 Å². The van der Waals surface area contributed by atoms with Gasteiger partial charge in [-0.05, 0) is 45.4 Å². The smallest absolute Gasteiger partial charge is 0.319 e. The van der Waals surface area contributed by atoms with E-state index in [9.17, 15) is 4.79 Å². The van der Waals surface area contributed by atoms with E-state index in [1.807, 2.05) is 43.5 Å². The van der Waals surface area contributed by atoms with Crippen molar-refractivity contribution in [3.63, 3.8) is 0 Å². The third-order valence-electron chi connectivity index (χ3n) is 4.46. The molecule has 1 atom stereocenters. The number of hydrogen-bond donors (Lipinski definition) is 2. The lowest BCUT2D eigenvalue weighted by Gasteiger charge is -2.15. The lowest BCUT2D eigenvalue weighted by molar-refractivity contribution is 0.189. The van der Waals surface area contributed by atoms with E-state index < -0.39 is 0 Å². The number of aryl methyl sites for hydroxylation is 3. The summed E-state index contributed by atoms with van der Waals surface area (Å²) < 4.78 is 6.99. The number of amides is 2. The molecule has 28 heavy (non-hydrogen) atoms. The molecule has 0 aliphatic heterocycles. The van der Waals surface area contributed by atoms with Gasteiger partial charge in [0, 0.05) is 25.9 Å². The van der Waals surface area contributed by atoms with Crippen LogP contribution in [-0.2, 0) is 11.3 Å². The molecule has 0 spiro atoms. The molecule has 0 aliphatic carbocycles.